The van der Waals surface area contributed by atoms with Crippen molar-refractivity contribution in [3.05, 3.63) is 58.4 Å². The van der Waals surface area contributed by atoms with Crippen molar-refractivity contribution in [2.45, 2.75) is 32.4 Å². The number of nitrogens with one attached hydrogen (secondary N) is 1. The molecular weight excluding hydrogens is 467 g/mol. The van der Waals surface area contributed by atoms with Gasteiger partial charge >= 0.3 is 0 Å². The van der Waals surface area contributed by atoms with Crippen LogP contribution < -0.4 is 19.9 Å². The summed E-state index contributed by atoms with van der Waals surface area (Å²) >= 11 is 5.65. The summed E-state index contributed by atoms with van der Waals surface area (Å²) in [5.41, 5.74) is 6.61. The van der Waals surface area contributed by atoms with Crippen LogP contribution in [-0.4, -0.2) is 42.8 Å². The van der Waals surface area contributed by atoms with E-state index in [1.54, 1.807) is 6.07 Å². The average Bonchev–Trinajstić information content (AvgIpc) is 3.46. The van der Waals surface area contributed by atoms with E-state index in [9.17, 15) is 9.18 Å². The molecule has 2 aliphatic heterocycles. The number of aryl methyl sites for hydroxylation is 1. The summed E-state index contributed by atoms with van der Waals surface area (Å²) in [4.78, 5) is 20.9. The predicted octanol–water partition coefficient (Wildman–Crippen LogP) is 4.39. The van der Waals surface area contributed by atoms with Gasteiger partial charge in [-0.1, -0.05) is 37.6 Å². The molecule has 2 amide bonds. The van der Waals surface area contributed by atoms with Crippen LogP contribution in [0.5, 0.6) is 11.5 Å². The molecule has 3 unspecified atom stereocenters. The van der Waals surface area contributed by atoms with Crippen molar-refractivity contribution in [3.8, 4) is 11.5 Å². The van der Waals surface area contributed by atoms with E-state index in [4.69, 9.17) is 25.9 Å². The standard InChI is InChI=1S/C21H23ClFNO3S.C2H6.CH3NO/c1-13-3-4-14-8-15(10-27-19(14)7-13)20-12-28(20,2)24-21(25)11-26-16-5-6-17(22)18(23)9-16;1-2;2-1-3/h3-7,9,15,20H,8,10-12H2,1-2H3,(H,24,25);1-2H3;1H,(H2,2,3). The highest BCUT2D eigenvalue weighted by molar-refractivity contribution is 8.38. The van der Waals surface area contributed by atoms with Gasteiger partial charge in [0, 0.05) is 23.0 Å². The van der Waals surface area contributed by atoms with E-state index < -0.39 is 16.0 Å². The lowest BCUT2D eigenvalue weighted by molar-refractivity contribution is -0.121. The Balaban J connectivity index is 0.000000714. The van der Waals surface area contributed by atoms with Gasteiger partial charge in [-0.2, -0.15) is 10.2 Å². The van der Waals surface area contributed by atoms with E-state index in [2.05, 4.69) is 41.8 Å². The largest absolute Gasteiger partial charge is 0.493 e. The highest BCUT2D eigenvalue weighted by Crippen LogP contribution is 2.65. The molecule has 0 radical (unpaired) electrons. The van der Waals surface area contributed by atoms with E-state index in [1.165, 1.54) is 23.3 Å². The van der Waals surface area contributed by atoms with Crippen molar-refractivity contribution in [1.82, 2.24) is 4.72 Å². The molecule has 1 saturated heterocycles. The summed E-state index contributed by atoms with van der Waals surface area (Å²) in [7, 11) is -1.20. The minimum Gasteiger partial charge on any atom is -0.493 e. The van der Waals surface area contributed by atoms with Crippen LogP contribution in [-0.2, 0) is 16.0 Å². The molecular formula is C24H32ClFN2O4S. The summed E-state index contributed by atoms with van der Waals surface area (Å²) in [6, 6.07) is 10.5. The van der Waals surface area contributed by atoms with Crippen molar-refractivity contribution >= 4 is 34.1 Å². The molecule has 1 fully saturated rings. The first kappa shape index (κ1) is 26.8. The quantitative estimate of drug-likeness (QED) is 0.472. The molecule has 2 aromatic carbocycles. The number of halogens is 2. The molecule has 0 bridgehead atoms. The lowest BCUT2D eigenvalue weighted by Crippen LogP contribution is -2.31. The number of carbonyl (C=O) groups excluding carboxylic acids is 2. The van der Waals surface area contributed by atoms with Crippen LogP contribution in [0.4, 0.5) is 4.39 Å². The Morgan fingerprint density at radius 3 is 2.70 bits per heavy atom. The number of fused-ring (bicyclic) bond motifs is 1. The molecule has 3 N–H and O–H groups in total. The van der Waals surface area contributed by atoms with Gasteiger partial charge in [0.05, 0.1) is 11.6 Å². The van der Waals surface area contributed by atoms with E-state index in [0.717, 1.165) is 17.9 Å². The first-order valence-electron chi connectivity index (χ1n) is 10.8. The number of rotatable bonds is 5. The second-order valence-electron chi connectivity index (χ2n) is 7.77. The SMILES string of the molecule is CC.Cc1ccc2c(c1)OCC(C1CS1(C)NC(=O)COc1ccc(Cl)c(F)c1)C2.NC=O. The Morgan fingerprint density at radius 2 is 2.03 bits per heavy atom. The van der Waals surface area contributed by atoms with Crippen molar-refractivity contribution in [2.75, 3.05) is 25.2 Å². The van der Waals surface area contributed by atoms with Crippen LogP contribution in [0.2, 0.25) is 5.02 Å². The number of ether oxygens (including phenoxy) is 2. The highest BCUT2D eigenvalue weighted by Gasteiger charge is 2.51. The van der Waals surface area contributed by atoms with Gasteiger partial charge in [0.15, 0.2) is 6.61 Å². The molecule has 4 rings (SSSR count). The van der Waals surface area contributed by atoms with Gasteiger partial charge in [0.25, 0.3) is 5.91 Å². The number of carbonyl (C=O) groups is 2. The summed E-state index contributed by atoms with van der Waals surface area (Å²) in [5.74, 6) is 1.96. The summed E-state index contributed by atoms with van der Waals surface area (Å²) in [6.45, 7) is 6.62. The van der Waals surface area contributed by atoms with E-state index in [1.807, 2.05) is 13.8 Å². The fourth-order valence-corrected chi connectivity index (χ4v) is 7.17. The third-order valence-electron chi connectivity index (χ3n) is 5.35. The van der Waals surface area contributed by atoms with Crippen molar-refractivity contribution in [3.63, 3.8) is 0 Å². The summed E-state index contributed by atoms with van der Waals surface area (Å²) in [6.07, 6.45) is 3.38. The Labute approximate surface area is 201 Å². The van der Waals surface area contributed by atoms with Gasteiger partial charge in [-0.05, 0) is 48.9 Å². The molecule has 2 heterocycles. The van der Waals surface area contributed by atoms with Gasteiger partial charge < -0.3 is 19.9 Å². The Morgan fingerprint density at radius 1 is 1.33 bits per heavy atom. The molecule has 0 spiro atoms. The molecule has 0 aromatic heterocycles. The van der Waals surface area contributed by atoms with Crippen LogP contribution in [0, 0.1) is 18.7 Å². The normalized spacial score (nSPS) is 24.1. The number of hydrogen-bond donors (Lipinski definition) is 2. The number of nitrogens with two attached hydrogens (primary N) is 1. The topological polar surface area (TPSA) is 90.7 Å². The maximum atomic E-state index is 13.4. The molecule has 0 saturated carbocycles. The van der Waals surface area contributed by atoms with E-state index in [-0.39, 0.29) is 29.7 Å². The third-order valence-corrected chi connectivity index (χ3v) is 8.87. The van der Waals surface area contributed by atoms with Gasteiger partial charge in [0.2, 0.25) is 6.41 Å². The second kappa shape index (κ2) is 12.1. The van der Waals surface area contributed by atoms with Crippen LogP contribution in [0.15, 0.2) is 36.4 Å². The molecule has 2 aliphatic rings. The zero-order valence-electron chi connectivity index (χ0n) is 19.4. The summed E-state index contributed by atoms with van der Waals surface area (Å²) in [5, 5.41) is 0.486. The lowest BCUT2D eigenvalue weighted by Gasteiger charge is -2.28. The second-order valence-corrected chi connectivity index (χ2v) is 11.6. The first-order chi connectivity index (χ1) is 15.8. The Bertz CT molecular complexity index is 977. The zero-order chi connectivity index (χ0) is 24.6. The minimum absolute atomic E-state index is 0.0287. The molecule has 33 heavy (non-hydrogen) atoms. The smallest absolute Gasteiger partial charge is 0.266 e. The predicted molar refractivity (Wildman–Crippen MR) is 133 cm³/mol. The Kier molecular flexibility index (Phi) is 9.86. The van der Waals surface area contributed by atoms with Gasteiger partial charge in [0.1, 0.15) is 17.3 Å². The maximum Gasteiger partial charge on any atom is 0.266 e. The molecule has 182 valence electrons. The average molecular weight is 499 g/mol. The van der Waals surface area contributed by atoms with Crippen LogP contribution in [0.3, 0.4) is 0 Å². The van der Waals surface area contributed by atoms with Crippen LogP contribution in [0.25, 0.3) is 0 Å². The van der Waals surface area contributed by atoms with Gasteiger partial charge in [-0.15, -0.1) is 0 Å². The fourth-order valence-electron chi connectivity index (χ4n) is 3.73. The molecule has 6 nitrogen and oxygen atoms in total. The number of amides is 2. The van der Waals surface area contributed by atoms with Gasteiger partial charge in [-0.25, -0.2) is 4.39 Å². The van der Waals surface area contributed by atoms with Crippen molar-refractivity contribution < 1.29 is 23.5 Å². The highest BCUT2D eigenvalue weighted by atomic mass is 35.5. The van der Waals surface area contributed by atoms with Crippen molar-refractivity contribution in [1.29, 1.82) is 0 Å². The minimum atomic E-state index is -1.20. The monoisotopic (exact) mass is 498 g/mol. The molecule has 2 aromatic rings. The first-order valence-corrected chi connectivity index (χ1v) is 13.4. The van der Waals surface area contributed by atoms with Gasteiger partial charge in [-0.3, -0.25) is 9.59 Å². The Hall–Kier alpha value is -2.45. The number of primary amides is 1. The van der Waals surface area contributed by atoms with Crippen LogP contribution in [0.1, 0.15) is 25.0 Å². The third kappa shape index (κ3) is 7.27. The number of benzene rings is 2. The molecule has 9 heteroatoms. The summed E-state index contributed by atoms with van der Waals surface area (Å²) < 4.78 is 28.0. The van der Waals surface area contributed by atoms with E-state index >= 15 is 0 Å². The maximum absolute atomic E-state index is 13.4. The fraction of sp³-hybridized carbons (Fsp3) is 0.417. The molecule has 3 atom stereocenters. The van der Waals surface area contributed by atoms with E-state index in [0.29, 0.717) is 17.8 Å². The van der Waals surface area contributed by atoms with Crippen molar-refractivity contribution in [2.24, 2.45) is 11.7 Å². The number of hydrogen-bond acceptors (Lipinski definition) is 4. The van der Waals surface area contributed by atoms with Crippen LogP contribution >= 0.6 is 21.8 Å². The molecule has 0 aliphatic carbocycles. The lowest BCUT2D eigenvalue weighted by atomic mass is 9.94. The zero-order valence-corrected chi connectivity index (χ0v) is 21.0.